The number of aromatic nitrogens is 1. The molecule has 0 spiro atoms. The van der Waals surface area contributed by atoms with Crippen molar-refractivity contribution in [1.82, 2.24) is 4.98 Å². The lowest BCUT2D eigenvalue weighted by Crippen LogP contribution is -2.35. The highest BCUT2D eigenvalue weighted by Gasteiger charge is 2.21. The number of nitrogens with zero attached hydrogens (tertiary/aromatic N) is 2. The van der Waals surface area contributed by atoms with Crippen molar-refractivity contribution >= 4 is 32.9 Å². The third kappa shape index (κ3) is 1.93. The van der Waals surface area contributed by atoms with Gasteiger partial charge in [0.1, 0.15) is 5.52 Å². The molecule has 0 saturated carbocycles. The number of thiazole rings is 1. The zero-order valence-electron chi connectivity index (χ0n) is 10.2. The van der Waals surface area contributed by atoms with Crippen LogP contribution in [0.2, 0.25) is 0 Å². The summed E-state index contributed by atoms with van der Waals surface area (Å²) in [6.07, 6.45) is 2.07. The zero-order valence-corrected chi connectivity index (χ0v) is 11.0. The molecule has 1 aliphatic heterocycles. The normalized spacial score (nSPS) is 17.5. The minimum Gasteiger partial charge on any atom is -0.396 e. The molecule has 1 saturated heterocycles. The van der Waals surface area contributed by atoms with Gasteiger partial charge in [0.2, 0.25) is 0 Å². The number of nitrogens with two attached hydrogens (primary N) is 1. The van der Waals surface area contributed by atoms with E-state index in [0.29, 0.717) is 12.5 Å². The van der Waals surface area contributed by atoms with Gasteiger partial charge >= 0.3 is 0 Å². The van der Waals surface area contributed by atoms with Gasteiger partial charge < -0.3 is 15.7 Å². The molecule has 0 bridgehead atoms. The lowest BCUT2D eigenvalue weighted by atomic mass is 9.97. The van der Waals surface area contributed by atoms with E-state index in [1.807, 2.05) is 5.51 Å². The summed E-state index contributed by atoms with van der Waals surface area (Å²) in [5, 5.41) is 9.16. The Morgan fingerprint density at radius 1 is 1.39 bits per heavy atom. The van der Waals surface area contributed by atoms with Gasteiger partial charge in [-0.2, -0.15) is 0 Å². The van der Waals surface area contributed by atoms with Gasteiger partial charge in [-0.05, 0) is 30.9 Å². The second-order valence-corrected chi connectivity index (χ2v) is 5.70. The largest absolute Gasteiger partial charge is 0.396 e. The topological polar surface area (TPSA) is 62.4 Å². The van der Waals surface area contributed by atoms with E-state index in [1.54, 1.807) is 11.3 Å². The highest BCUT2D eigenvalue weighted by molar-refractivity contribution is 7.16. The Morgan fingerprint density at radius 3 is 2.89 bits per heavy atom. The molecule has 0 unspecified atom stereocenters. The van der Waals surface area contributed by atoms with Crippen LogP contribution in [0.1, 0.15) is 12.8 Å². The number of hydrogen-bond donors (Lipinski definition) is 2. The van der Waals surface area contributed by atoms with E-state index in [2.05, 4.69) is 22.0 Å². The SMILES string of the molecule is Nc1c(N2CCC(CO)CC2)ccc2scnc12. The molecule has 0 radical (unpaired) electrons. The summed E-state index contributed by atoms with van der Waals surface area (Å²) >= 11 is 1.62. The Balaban J connectivity index is 1.88. The van der Waals surface area contributed by atoms with Crippen molar-refractivity contribution in [2.75, 3.05) is 30.3 Å². The number of nitrogen functional groups attached to an aromatic ring is 1. The average Bonchev–Trinajstić information content (AvgIpc) is 2.89. The summed E-state index contributed by atoms with van der Waals surface area (Å²) < 4.78 is 1.14. The number of anilines is 2. The fourth-order valence-corrected chi connectivity index (χ4v) is 3.27. The molecule has 0 aliphatic carbocycles. The maximum absolute atomic E-state index is 9.16. The summed E-state index contributed by atoms with van der Waals surface area (Å²) in [6.45, 7) is 2.23. The summed E-state index contributed by atoms with van der Waals surface area (Å²) in [5.74, 6) is 0.450. The smallest absolute Gasteiger partial charge is 0.106 e. The number of benzene rings is 1. The van der Waals surface area contributed by atoms with E-state index in [1.165, 1.54) is 0 Å². The Labute approximate surface area is 110 Å². The van der Waals surface area contributed by atoms with Crippen LogP contribution in [0.3, 0.4) is 0 Å². The molecule has 0 atom stereocenters. The third-order valence-corrected chi connectivity index (χ3v) is 4.53. The number of aliphatic hydroxyl groups is 1. The first kappa shape index (κ1) is 11.7. The number of rotatable bonds is 2. The van der Waals surface area contributed by atoms with E-state index in [-0.39, 0.29) is 0 Å². The van der Waals surface area contributed by atoms with E-state index in [9.17, 15) is 0 Å². The Morgan fingerprint density at radius 2 is 2.17 bits per heavy atom. The first-order chi connectivity index (χ1) is 8.79. The molecule has 3 N–H and O–H groups in total. The number of aliphatic hydroxyl groups excluding tert-OH is 1. The molecule has 1 aromatic carbocycles. The van der Waals surface area contributed by atoms with E-state index >= 15 is 0 Å². The second kappa shape index (κ2) is 4.74. The maximum Gasteiger partial charge on any atom is 0.106 e. The van der Waals surface area contributed by atoms with Crippen LogP contribution in [0.25, 0.3) is 10.2 Å². The molecule has 4 nitrogen and oxygen atoms in total. The first-order valence-electron chi connectivity index (χ1n) is 6.27. The van der Waals surface area contributed by atoms with Crippen molar-refractivity contribution in [2.24, 2.45) is 5.92 Å². The molecule has 18 heavy (non-hydrogen) atoms. The molecule has 1 aliphatic rings. The van der Waals surface area contributed by atoms with Crippen molar-refractivity contribution < 1.29 is 5.11 Å². The lowest BCUT2D eigenvalue weighted by molar-refractivity contribution is 0.203. The molecule has 1 aromatic heterocycles. The van der Waals surface area contributed by atoms with Gasteiger partial charge in [-0.15, -0.1) is 11.3 Å². The molecule has 1 fully saturated rings. The number of piperidine rings is 1. The Bertz CT molecular complexity index is 546. The highest BCUT2D eigenvalue weighted by Crippen LogP contribution is 2.34. The molecule has 3 rings (SSSR count). The van der Waals surface area contributed by atoms with Crippen LogP contribution in [0.4, 0.5) is 11.4 Å². The van der Waals surface area contributed by atoms with Crippen LogP contribution >= 0.6 is 11.3 Å². The number of fused-ring (bicyclic) bond motifs is 1. The minimum atomic E-state index is 0.300. The fourth-order valence-electron chi connectivity index (χ4n) is 2.57. The monoisotopic (exact) mass is 263 g/mol. The van der Waals surface area contributed by atoms with Crippen molar-refractivity contribution in [3.8, 4) is 0 Å². The van der Waals surface area contributed by atoms with Crippen LogP contribution < -0.4 is 10.6 Å². The summed E-state index contributed by atoms with van der Waals surface area (Å²) in [6, 6.07) is 4.19. The Kier molecular flexibility index (Phi) is 3.09. The average molecular weight is 263 g/mol. The molecule has 2 aromatic rings. The zero-order chi connectivity index (χ0) is 12.5. The second-order valence-electron chi connectivity index (χ2n) is 4.81. The quantitative estimate of drug-likeness (QED) is 0.814. The molecule has 5 heteroatoms. The predicted molar refractivity (Wildman–Crippen MR) is 76.1 cm³/mol. The van der Waals surface area contributed by atoms with Gasteiger partial charge in [0.15, 0.2) is 0 Å². The van der Waals surface area contributed by atoms with Crippen molar-refractivity contribution in [2.45, 2.75) is 12.8 Å². The van der Waals surface area contributed by atoms with Gasteiger partial charge in [-0.3, -0.25) is 0 Å². The minimum absolute atomic E-state index is 0.300. The third-order valence-electron chi connectivity index (χ3n) is 3.73. The van der Waals surface area contributed by atoms with E-state index < -0.39 is 0 Å². The molecular weight excluding hydrogens is 246 g/mol. The first-order valence-corrected chi connectivity index (χ1v) is 7.15. The van der Waals surface area contributed by atoms with Gasteiger partial charge in [-0.1, -0.05) is 0 Å². The molecule has 0 amide bonds. The predicted octanol–water partition coefficient (Wildman–Crippen LogP) is 2.09. The molecule has 2 heterocycles. The summed E-state index contributed by atoms with van der Waals surface area (Å²) in [7, 11) is 0. The maximum atomic E-state index is 9.16. The fraction of sp³-hybridized carbons (Fsp3) is 0.462. The van der Waals surface area contributed by atoms with Crippen LogP contribution in [-0.4, -0.2) is 29.8 Å². The van der Waals surface area contributed by atoms with Crippen molar-refractivity contribution in [3.05, 3.63) is 17.6 Å². The standard InChI is InChI=1S/C13H17N3OS/c14-12-10(1-2-11-13(12)15-8-18-11)16-5-3-9(7-17)4-6-16/h1-2,8-9,17H,3-7,14H2. The molecule has 96 valence electrons. The van der Waals surface area contributed by atoms with Crippen LogP contribution in [-0.2, 0) is 0 Å². The van der Waals surface area contributed by atoms with Crippen molar-refractivity contribution in [3.63, 3.8) is 0 Å². The van der Waals surface area contributed by atoms with Crippen LogP contribution in [0.15, 0.2) is 17.6 Å². The van der Waals surface area contributed by atoms with Crippen LogP contribution in [0, 0.1) is 5.92 Å². The van der Waals surface area contributed by atoms with Gasteiger partial charge in [0.05, 0.1) is 21.6 Å². The van der Waals surface area contributed by atoms with E-state index in [0.717, 1.165) is 47.5 Å². The van der Waals surface area contributed by atoms with Crippen LogP contribution in [0.5, 0.6) is 0 Å². The summed E-state index contributed by atoms with van der Waals surface area (Å²) in [5.41, 5.74) is 10.8. The molecular formula is C13H17N3OS. The Hall–Kier alpha value is -1.33. The van der Waals surface area contributed by atoms with Gasteiger partial charge in [0.25, 0.3) is 0 Å². The number of hydrogen-bond acceptors (Lipinski definition) is 5. The van der Waals surface area contributed by atoms with Gasteiger partial charge in [0, 0.05) is 19.7 Å². The highest BCUT2D eigenvalue weighted by atomic mass is 32.1. The lowest BCUT2D eigenvalue weighted by Gasteiger charge is -2.33. The summed E-state index contributed by atoms with van der Waals surface area (Å²) in [4.78, 5) is 6.64. The van der Waals surface area contributed by atoms with Gasteiger partial charge in [-0.25, -0.2) is 4.98 Å². The van der Waals surface area contributed by atoms with Crippen molar-refractivity contribution in [1.29, 1.82) is 0 Å². The van der Waals surface area contributed by atoms with E-state index in [4.69, 9.17) is 10.8 Å².